The third-order valence-corrected chi connectivity index (χ3v) is 5.57. The van der Waals surface area contributed by atoms with Gasteiger partial charge in [-0.3, -0.25) is 0 Å². The lowest BCUT2D eigenvalue weighted by Crippen LogP contribution is -2.44. The summed E-state index contributed by atoms with van der Waals surface area (Å²) in [6, 6.07) is 20.0. The molecular weight excluding hydrogens is 298 g/mol. The number of benzene rings is 2. The van der Waals surface area contributed by atoms with Gasteiger partial charge in [0.05, 0.1) is 0 Å². The van der Waals surface area contributed by atoms with Gasteiger partial charge < -0.3 is 4.74 Å². The Hall–Kier alpha value is -2.68. The molecule has 118 valence electrons. The molecule has 3 nitrogen and oxygen atoms in total. The molecular formula is C21H17NO2. The number of ether oxygens (including phenoxy) is 1. The second-order valence-electron chi connectivity index (χ2n) is 6.78. The van der Waals surface area contributed by atoms with E-state index >= 15 is 0 Å². The molecule has 1 aliphatic heterocycles. The van der Waals surface area contributed by atoms with Gasteiger partial charge in [0.1, 0.15) is 0 Å². The molecule has 3 heteroatoms. The first kappa shape index (κ1) is 13.7. The highest BCUT2D eigenvalue weighted by molar-refractivity contribution is 6.09. The highest BCUT2D eigenvalue weighted by atomic mass is 16.6. The number of esters is 1. The fourth-order valence-electron chi connectivity index (χ4n) is 4.56. The molecule has 4 atom stereocenters. The summed E-state index contributed by atoms with van der Waals surface area (Å²) in [5.41, 5.74) is 1.23. The maximum absolute atomic E-state index is 13.0. The highest BCUT2D eigenvalue weighted by Crippen LogP contribution is 2.59. The zero-order valence-corrected chi connectivity index (χ0v) is 13.1. The minimum atomic E-state index is -0.800. The third-order valence-electron chi connectivity index (χ3n) is 5.57. The van der Waals surface area contributed by atoms with Crippen LogP contribution in [0.4, 0.5) is 0 Å². The standard InChI is InChI=1S/C21H17NO2/c23-20-21(22-19(24-20)15-9-5-2-6-10-15)17-12-11-16(13-17)18(21)14-7-3-1-4-8-14/h1-12,16-18H,13H2/t16?,17?,18-,21+/m0/s1. The average Bonchev–Trinajstić information content (AvgIpc) is 3.31. The predicted octanol–water partition coefficient (Wildman–Crippen LogP) is 3.72. The van der Waals surface area contributed by atoms with E-state index in [2.05, 4.69) is 24.3 Å². The lowest BCUT2D eigenvalue weighted by Gasteiger charge is -2.32. The molecule has 0 aromatic heterocycles. The van der Waals surface area contributed by atoms with Crippen LogP contribution in [0.2, 0.25) is 0 Å². The zero-order valence-electron chi connectivity index (χ0n) is 13.1. The topological polar surface area (TPSA) is 38.7 Å². The molecule has 0 saturated heterocycles. The van der Waals surface area contributed by atoms with Crippen molar-refractivity contribution in [2.45, 2.75) is 17.9 Å². The Labute approximate surface area is 140 Å². The van der Waals surface area contributed by atoms with E-state index < -0.39 is 5.54 Å². The molecule has 1 spiro atoms. The molecule has 0 radical (unpaired) electrons. The molecule has 3 aliphatic rings. The molecule has 1 heterocycles. The van der Waals surface area contributed by atoms with Crippen LogP contribution in [0.25, 0.3) is 0 Å². The van der Waals surface area contributed by atoms with Crippen molar-refractivity contribution in [2.24, 2.45) is 16.8 Å². The van der Waals surface area contributed by atoms with E-state index in [1.807, 2.05) is 48.5 Å². The monoisotopic (exact) mass is 315 g/mol. The average molecular weight is 315 g/mol. The number of cyclic esters (lactones) is 1. The molecule has 0 amide bonds. The van der Waals surface area contributed by atoms with E-state index in [0.717, 1.165) is 12.0 Å². The Kier molecular flexibility index (Phi) is 2.81. The number of aliphatic imine (C=N–C) groups is 1. The Morgan fingerprint density at radius 2 is 1.67 bits per heavy atom. The van der Waals surface area contributed by atoms with E-state index in [9.17, 15) is 4.79 Å². The van der Waals surface area contributed by atoms with Gasteiger partial charge in [-0.1, -0.05) is 60.7 Å². The van der Waals surface area contributed by atoms with Crippen molar-refractivity contribution in [1.29, 1.82) is 0 Å². The summed E-state index contributed by atoms with van der Waals surface area (Å²) in [7, 11) is 0. The second-order valence-corrected chi connectivity index (χ2v) is 6.78. The van der Waals surface area contributed by atoms with Gasteiger partial charge in [-0.2, -0.15) is 0 Å². The third kappa shape index (κ3) is 1.72. The van der Waals surface area contributed by atoms with Gasteiger partial charge in [0.25, 0.3) is 0 Å². The van der Waals surface area contributed by atoms with Crippen LogP contribution in [-0.4, -0.2) is 17.4 Å². The highest BCUT2D eigenvalue weighted by Gasteiger charge is 2.64. The summed E-state index contributed by atoms with van der Waals surface area (Å²) in [6.45, 7) is 0. The van der Waals surface area contributed by atoms with Gasteiger partial charge in [0, 0.05) is 17.4 Å². The molecule has 2 aromatic carbocycles. The number of carbonyl (C=O) groups is 1. The van der Waals surface area contributed by atoms with Crippen molar-refractivity contribution < 1.29 is 9.53 Å². The van der Waals surface area contributed by atoms with Crippen LogP contribution in [0.5, 0.6) is 0 Å². The number of nitrogens with zero attached hydrogens (tertiary/aromatic N) is 1. The maximum atomic E-state index is 13.0. The van der Waals surface area contributed by atoms with E-state index in [1.54, 1.807) is 0 Å². The number of allylic oxidation sites excluding steroid dienone is 1. The van der Waals surface area contributed by atoms with E-state index in [0.29, 0.717) is 11.8 Å². The van der Waals surface area contributed by atoms with Crippen molar-refractivity contribution in [3.05, 3.63) is 83.9 Å². The van der Waals surface area contributed by atoms with Crippen LogP contribution in [-0.2, 0) is 9.53 Å². The lowest BCUT2D eigenvalue weighted by molar-refractivity contribution is -0.140. The summed E-state index contributed by atoms with van der Waals surface area (Å²) >= 11 is 0. The quantitative estimate of drug-likeness (QED) is 0.626. The SMILES string of the molecule is O=C1OC(c2ccccc2)=N[C@@]12C1C=CC(C1)[C@@H]2c1ccccc1. The van der Waals surface area contributed by atoms with Gasteiger partial charge in [-0.15, -0.1) is 0 Å². The number of hydrogen-bond acceptors (Lipinski definition) is 3. The minimum Gasteiger partial charge on any atom is -0.405 e. The van der Waals surface area contributed by atoms with Crippen LogP contribution < -0.4 is 0 Å². The molecule has 1 fully saturated rings. The minimum absolute atomic E-state index is 0.0578. The van der Waals surface area contributed by atoms with Gasteiger partial charge >= 0.3 is 5.97 Å². The van der Waals surface area contributed by atoms with Crippen molar-refractivity contribution in [1.82, 2.24) is 0 Å². The Balaban J connectivity index is 1.66. The van der Waals surface area contributed by atoms with Crippen molar-refractivity contribution in [3.8, 4) is 0 Å². The van der Waals surface area contributed by atoms with Crippen LogP contribution in [0.3, 0.4) is 0 Å². The van der Waals surface area contributed by atoms with Crippen LogP contribution in [0, 0.1) is 11.8 Å². The number of fused-ring (bicyclic) bond motifs is 3. The van der Waals surface area contributed by atoms with Crippen molar-refractivity contribution in [2.75, 3.05) is 0 Å². The molecule has 24 heavy (non-hydrogen) atoms. The molecule has 2 bridgehead atoms. The van der Waals surface area contributed by atoms with E-state index in [1.165, 1.54) is 5.56 Å². The maximum Gasteiger partial charge on any atom is 0.342 e. The fourth-order valence-corrected chi connectivity index (χ4v) is 4.56. The first-order chi connectivity index (χ1) is 11.8. The summed E-state index contributed by atoms with van der Waals surface area (Å²) in [4.78, 5) is 17.9. The van der Waals surface area contributed by atoms with Gasteiger partial charge in [-0.25, -0.2) is 9.79 Å². The van der Waals surface area contributed by atoms with Crippen LogP contribution in [0.1, 0.15) is 23.5 Å². The van der Waals surface area contributed by atoms with Gasteiger partial charge in [-0.05, 0) is 30.0 Å². The number of carbonyl (C=O) groups excluding carboxylic acids is 1. The van der Waals surface area contributed by atoms with E-state index in [4.69, 9.17) is 9.73 Å². The van der Waals surface area contributed by atoms with Gasteiger partial charge in [0.2, 0.25) is 5.90 Å². The molecule has 2 aromatic rings. The van der Waals surface area contributed by atoms with Crippen molar-refractivity contribution in [3.63, 3.8) is 0 Å². The molecule has 2 unspecified atom stereocenters. The smallest absolute Gasteiger partial charge is 0.342 e. The summed E-state index contributed by atoms with van der Waals surface area (Å²) < 4.78 is 5.67. The summed E-state index contributed by atoms with van der Waals surface area (Å²) in [6.07, 6.45) is 5.37. The first-order valence-corrected chi connectivity index (χ1v) is 8.40. The van der Waals surface area contributed by atoms with Crippen LogP contribution in [0.15, 0.2) is 77.8 Å². The summed E-state index contributed by atoms with van der Waals surface area (Å²) in [5.74, 6) is 0.794. The van der Waals surface area contributed by atoms with Crippen molar-refractivity contribution >= 4 is 11.9 Å². The van der Waals surface area contributed by atoms with E-state index in [-0.39, 0.29) is 17.8 Å². The van der Waals surface area contributed by atoms with Crippen LogP contribution >= 0.6 is 0 Å². The largest absolute Gasteiger partial charge is 0.405 e. The fraction of sp³-hybridized carbons (Fsp3) is 0.238. The number of hydrogen-bond donors (Lipinski definition) is 0. The molecule has 0 N–H and O–H groups in total. The van der Waals surface area contributed by atoms with Gasteiger partial charge in [0.15, 0.2) is 5.54 Å². The normalized spacial score (nSPS) is 33.1. The Morgan fingerprint density at radius 1 is 0.958 bits per heavy atom. The Morgan fingerprint density at radius 3 is 2.42 bits per heavy atom. The summed E-state index contributed by atoms with van der Waals surface area (Å²) in [5, 5.41) is 0. The number of rotatable bonds is 2. The zero-order chi connectivity index (χ0) is 16.1. The Bertz CT molecular complexity index is 856. The second kappa shape index (κ2) is 4.91. The lowest BCUT2D eigenvalue weighted by atomic mass is 9.73. The predicted molar refractivity (Wildman–Crippen MR) is 91.7 cm³/mol. The molecule has 1 saturated carbocycles. The first-order valence-electron chi connectivity index (χ1n) is 8.40. The molecule has 2 aliphatic carbocycles. The molecule has 5 rings (SSSR count).